The van der Waals surface area contributed by atoms with E-state index in [1.54, 1.807) is 17.0 Å². The summed E-state index contributed by atoms with van der Waals surface area (Å²) >= 11 is 0. The zero-order valence-electron chi connectivity index (χ0n) is 13.4. The topological polar surface area (TPSA) is 20.3 Å². The summed E-state index contributed by atoms with van der Waals surface area (Å²) in [5, 5.41) is 0. The average Bonchev–Trinajstić information content (AvgIpc) is 2.61. The van der Waals surface area contributed by atoms with Gasteiger partial charge in [0.2, 0.25) is 5.91 Å². The van der Waals surface area contributed by atoms with E-state index in [4.69, 9.17) is 0 Å². The van der Waals surface area contributed by atoms with Crippen LogP contribution in [0.4, 0.5) is 10.1 Å². The lowest BCUT2D eigenvalue weighted by molar-refractivity contribution is -0.116. The van der Waals surface area contributed by atoms with Crippen LogP contribution in [0.1, 0.15) is 12.5 Å². The number of hydrogen-bond acceptors (Lipinski definition) is 1. The van der Waals surface area contributed by atoms with Gasteiger partial charge in [0.05, 0.1) is 6.54 Å². The molecule has 0 aromatic heterocycles. The predicted octanol–water partition coefficient (Wildman–Crippen LogP) is 5.05. The lowest BCUT2D eigenvalue weighted by atomic mass is 10.0. The fourth-order valence-corrected chi connectivity index (χ4v) is 2.64. The summed E-state index contributed by atoms with van der Waals surface area (Å²) in [6.45, 7) is 1.90. The predicted molar refractivity (Wildman–Crippen MR) is 95.1 cm³/mol. The molecule has 0 bridgehead atoms. The molecule has 0 saturated carbocycles. The molecule has 120 valence electrons. The van der Waals surface area contributed by atoms with Crippen LogP contribution in [0, 0.1) is 5.82 Å². The second-order valence-electron chi connectivity index (χ2n) is 5.65. The van der Waals surface area contributed by atoms with E-state index < -0.39 is 0 Å². The highest BCUT2D eigenvalue weighted by atomic mass is 19.1. The fourth-order valence-electron chi connectivity index (χ4n) is 2.64. The molecule has 0 aliphatic rings. The lowest BCUT2D eigenvalue weighted by Crippen LogP contribution is -2.27. The van der Waals surface area contributed by atoms with Crippen molar-refractivity contribution in [1.82, 2.24) is 0 Å². The van der Waals surface area contributed by atoms with Gasteiger partial charge in [-0.2, -0.15) is 0 Å². The van der Waals surface area contributed by atoms with Crippen molar-refractivity contribution in [2.24, 2.45) is 0 Å². The molecule has 0 aliphatic carbocycles. The van der Waals surface area contributed by atoms with Crippen LogP contribution < -0.4 is 4.90 Å². The van der Waals surface area contributed by atoms with Gasteiger partial charge in [-0.15, -0.1) is 0 Å². The number of rotatable bonds is 4. The van der Waals surface area contributed by atoms with Crippen molar-refractivity contribution in [2.45, 2.75) is 13.5 Å². The standard InChI is InChI=1S/C21H18FNO/c1-16(24)23(21-9-5-8-20(22)14-21)15-17-10-12-19(13-11-17)18-6-3-2-4-7-18/h2-14H,15H2,1H3. The van der Waals surface area contributed by atoms with E-state index in [1.165, 1.54) is 19.1 Å². The summed E-state index contributed by atoms with van der Waals surface area (Å²) < 4.78 is 13.4. The van der Waals surface area contributed by atoms with Crippen LogP contribution >= 0.6 is 0 Å². The number of anilines is 1. The molecule has 2 nitrogen and oxygen atoms in total. The molecule has 0 aliphatic heterocycles. The highest BCUT2D eigenvalue weighted by Crippen LogP contribution is 2.22. The summed E-state index contributed by atoms with van der Waals surface area (Å²) in [5.74, 6) is -0.467. The van der Waals surface area contributed by atoms with E-state index >= 15 is 0 Å². The minimum atomic E-state index is -0.349. The highest BCUT2D eigenvalue weighted by Gasteiger charge is 2.12. The molecule has 0 radical (unpaired) electrons. The first-order valence-corrected chi connectivity index (χ1v) is 7.81. The van der Waals surface area contributed by atoms with E-state index in [-0.39, 0.29) is 11.7 Å². The largest absolute Gasteiger partial charge is 0.308 e. The van der Waals surface area contributed by atoms with Gasteiger partial charge in [-0.1, -0.05) is 60.7 Å². The van der Waals surface area contributed by atoms with E-state index in [1.807, 2.05) is 42.5 Å². The first-order valence-electron chi connectivity index (χ1n) is 7.81. The van der Waals surface area contributed by atoms with Crippen LogP contribution in [0.15, 0.2) is 78.9 Å². The van der Waals surface area contributed by atoms with Crippen LogP contribution in [0.25, 0.3) is 11.1 Å². The Labute approximate surface area is 141 Å². The van der Waals surface area contributed by atoms with Crippen molar-refractivity contribution in [3.05, 3.63) is 90.2 Å². The number of nitrogens with zero attached hydrogens (tertiary/aromatic N) is 1. The summed E-state index contributed by atoms with van der Waals surface area (Å²) in [6, 6.07) is 24.3. The average molecular weight is 319 g/mol. The molecule has 0 atom stereocenters. The normalized spacial score (nSPS) is 10.4. The van der Waals surface area contributed by atoms with Gasteiger partial charge in [0.1, 0.15) is 5.82 Å². The highest BCUT2D eigenvalue weighted by molar-refractivity contribution is 5.91. The summed E-state index contributed by atoms with van der Waals surface area (Å²) in [5.41, 5.74) is 3.83. The Kier molecular flexibility index (Phi) is 4.71. The first kappa shape index (κ1) is 15.9. The molecule has 3 rings (SSSR count). The minimum absolute atomic E-state index is 0.118. The summed E-state index contributed by atoms with van der Waals surface area (Å²) in [7, 11) is 0. The number of carbonyl (C=O) groups is 1. The number of benzene rings is 3. The van der Waals surface area contributed by atoms with Gasteiger partial charge in [-0.25, -0.2) is 4.39 Å². The molecule has 0 spiro atoms. The van der Waals surface area contributed by atoms with Crippen LogP contribution in [0.3, 0.4) is 0 Å². The van der Waals surface area contributed by atoms with Gasteiger partial charge in [-0.05, 0) is 34.9 Å². The van der Waals surface area contributed by atoms with E-state index in [0.717, 1.165) is 16.7 Å². The Morgan fingerprint density at radius 2 is 1.54 bits per heavy atom. The van der Waals surface area contributed by atoms with Crippen molar-refractivity contribution in [3.8, 4) is 11.1 Å². The maximum absolute atomic E-state index is 13.4. The van der Waals surface area contributed by atoms with E-state index in [0.29, 0.717) is 12.2 Å². The van der Waals surface area contributed by atoms with Gasteiger partial charge in [0.25, 0.3) is 0 Å². The van der Waals surface area contributed by atoms with Crippen molar-refractivity contribution in [3.63, 3.8) is 0 Å². The molecular weight excluding hydrogens is 301 g/mol. The van der Waals surface area contributed by atoms with E-state index in [9.17, 15) is 9.18 Å². The molecule has 3 heteroatoms. The molecule has 0 N–H and O–H groups in total. The van der Waals surface area contributed by atoms with Gasteiger partial charge in [0, 0.05) is 12.6 Å². The maximum Gasteiger partial charge on any atom is 0.224 e. The van der Waals surface area contributed by atoms with Crippen molar-refractivity contribution < 1.29 is 9.18 Å². The number of carbonyl (C=O) groups excluding carboxylic acids is 1. The van der Waals surface area contributed by atoms with Gasteiger partial charge >= 0.3 is 0 Å². The zero-order chi connectivity index (χ0) is 16.9. The molecule has 24 heavy (non-hydrogen) atoms. The third-order valence-electron chi connectivity index (χ3n) is 3.90. The smallest absolute Gasteiger partial charge is 0.224 e. The Morgan fingerprint density at radius 1 is 0.875 bits per heavy atom. The SMILES string of the molecule is CC(=O)N(Cc1ccc(-c2ccccc2)cc1)c1cccc(F)c1. The monoisotopic (exact) mass is 319 g/mol. The van der Waals surface area contributed by atoms with Gasteiger partial charge in [-0.3, -0.25) is 4.79 Å². The Hall–Kier alpha value is -2.94. The molecule has 0 saturated heterocycles. The summed E-state index contributed by atoms with van der Waals surface area (Å²) in [6.07, 6.45) is 0. The molecule has 0 heterocycles. The fraction of sp³-hybridized carbons (Fsp3) is 0.0952. The van der Waals surface area contributed by atoms with Crippen molar-refractivity contribution in [1.29, 1.82) is 0 Å². The van der Waals surface area contributed by atoms with Gasteiger partial charge in [0.15, 0.2) is 0 Å². The maximum atomic E-state index is 13.4. The van der Waals surface area contributed by atoms with Crippen molar-refractivity contribution in [2.75, 3.05) is 4.90 Å². The number of hydrogen-bond donors (Lipinski definition) is 0. The third-order valence-corrected chi connectivity index (χ3v) is 3.90. The zero-order valence-corrected chi connectivity index (χ0v) is 13.4. The van der Waals surface area contributed by atoms with Crippen LogP contribution in [0.5, 0.6) is 0 Å². The Balaban J connectivity index is 1.82. The van der Waals surface area contributed by atoms with Crippen LogP contribution in [-0.4, -0.2) is 5.91 Å². The lowest BCUT2D eigenvalue weighted by Gasteiger charge is -2.21. The Morgan fingerprint density at radius 3 is 2.17 bits per heavy atom. The molecule has 0 fully saturated rings. The molecule has 0 unspecified atom stereocenters. The number of halogens is 1. The second-order valence-corrected chi connectivity index (χ2v) is 5.65. The Bertz CT molecular complexity index is 828. The molecule has 1 amide bonds. The molecular formula is C21H18FNO. The van der Waals surface area contributed by atoms with Crippen LogP contribution in [0.2, 0.25) is 0 Å². The summed E-state index contributed by atoms with van der Waals surface area (Å²) in [4.78, 5) is 13.5. The molecule has 3 aromatic rings. The van der Waals surface area contributed by atoms with E-state index in [2.05, 4.69) is 12.1 Å². The van der Waals surface area contributed by atoms with Gasteiger partial charge < -0.3 is 4.90 Å². The third kappa shape index (κ3) is 3.69. The second kappa shape index (κ2) is 7.09. The van der Waals surface area contributed by atoms with Crippen molar-refractivity contribution >= 4 is 11.6 Å². The van der Waals surface area contributed by atoms with Crippen LogP contribution in [-0.2, 0) is 11.3 Å². The number of amides is 1. The molecule has 3 aromatic carbocycles. The quantitative estimate of drug-likeness (QED) is 0.659. The minimum Gasteiger partial charge on any atom is -0.308 e. The first-order chi connectivity index (χ1) is 11.6.